The molecule has 0 atom stereocenters. The molecule has 0 saturated heterocycles. The van der Waals surface area contributed by atoms with Gasteiger partial charge in [0, 0.05) is 5.75 Å². The maximum atomic E-state index is 4.50. The van der Waals surface area contributed by atoms with E-state index in [0.29, 0.717) is 0 Å². The van der Waals surface area contributed by atoms with Gasteiger partial charge in [-0.15, -0.1) is 11.3 Å². The Bertz CT molecular complexity index is 348. The van der Waals surface area contributed by atoms with Gasteiger partial charge in [-0.1, -0.05) is 12.1 Å². The number of aromatic nitrogens is 1. The Balaban J connectivity index is 2.47. The van der Waals surface area contributed by atoms with Crippen molar-refractivity contribution in [2.45, 2.75) is 5.75 Å². The third-order valence-corrected chi connectivity index (χ3v) is 3.39. The fourth-order valence-electron chi connectivity index (χ4n) is 1.11. The van der Waals surface area contributed by atoms with E-state index in [1.165, 1.54) is 9.71 Å². The summed E-state index contributed by atoms with van der Waals surface area (Å²) >= 11 is 3.61. The number of para-hydroxylation sites is 1. The smallest absolute Gasteiger partial charge is 0.104 e. The molecule has 0 aliphatic carbocycles. The highest BCUT2D eigenvalue weighted by atomic mass is 32.2. The molecule has 0 aliphatic rings. The summed E-state index contributed by atoms with van der Waals surface area (Å²) in [5.74, 6) is 1.03. The van der Waals surface area contributed by atoms with E-state index >= 15 is 0 Å². The minimum absolute atomic E-state index is 1.03. The molecular weight excluding hydrogens is 186 g/mol. The molecule has 0 N–H and O–H groups in total. The molecule has 62 valence electrons. The van der Waals surface area contributed by atoms with Gasteiger partial charge in [-0.25, -0.2) is 4.98 Å². The van der Waals surface area contributed by atoms with Crippen LogP contribution in [-0.2, 0) is 5.75 Å². The largest absolute Gasteiger partial charge is 0.240 e. The first-order valence-electron chi connectivity index (χ1n) is 3.73. The molecule has 0 aliphatic heterocycles. The maximum Gasteiger partial charge on any atom is 0.104 e. The van der Waals surface area contributed by atoms with Crippen LogP contribution in [0.5, 0.6) is 0 Å². The number of benzene rings is 1. The van der Waals surface area contributed by atoms with Crippen LogP contribution >= 0.6 is 23.1 Å². The Morgan fingerprint density at radius 1 is 1.42 bits per heavy atom. The number of hydrogen-bond donors (Lipinski definition) is 0. The lowest BCUT2D eigenvalue weighted by Crippen LogP contribution is -1.74. The fourth-order valence-corrected chi connectivity index (χ4v) is 2.77. The van der Waals surface area contributed by atoms with Crippen molar-refractivity contribution in [3.63, 3.8) is 0 Å². The van der Waals surface area contributed by atoms with Gasteiger partial charge in [-0.05, 0) is 18.4 Å². The molecule has 0 spiro atoms. The molecule has 1 aromatic heterocycles. The summed E-state index contributed by atoms with van der Waals surface area (Å²) in [7, 11) is 0. The number of thioether (sulfide) groups is 1. The molecular formula is C9H9NS2. The third-order valence-electron chi connectivity index (χ3n) is 1.61. The van der Waals surface area contributed by atoms with Gasteiger partial charge in [0.2, 0.25) is 0 Å². The zero-order valence-corrected chi connectivity index (χ0v) is 8.41. The molecule has 0 fully saturated rings. The highest BCUT2D eigenvalue weighted by molar-refractivity contribution is 7.97. The summed E-state index contributed by atoms with van der Waals surface area (Å²) in [4.78, 5) is 4.50. The molecule has 0 radical (unpaired) electrons. The summed E-state index contributed by atoms with van der Waals surface area (Å²) in [6.07, 6.45) is 2.10. The first-order chi connectivity index (χ1) is 5.90. The number of thiazole rings is 1. The summed E-state index contributed by atoms with van der Waals surface area (Å²) in [5, 5.41) is 1.23. The molecule has 1 heterocycles. The SMILES string of the molecule is CSCc1nc2ccccc2s1. The number of rotatable bonds is 2. The number of hydrogen-bond acceptors (Lipinski definition) is 3. The van der Waals surface area contributed by atoms with Crippen LogP contribution in [0.15, 0.2) is 24.3 Å². The second-order valence-corrected chi connectivity index (χ2v) is 4.49. The predicted octanol–water partition coefficient (Wildman–Crippen LogP) is 3.16. The first kappa shape index (κ1) is 8.08. The lowest BCUT2D eigenvalue weighted by Gasteiger charge is -1.85. The highest BCUT2D eigenvalue weighted by Gasteiger charge is 2.00. The van der Waals surface area contributed by atoms with Crippen molar-refractivity contribution in [2.75, 3.05) is 6.26 Å². The Kier molecular flexibility index (Phi) is 2.33. The minimum Gasteiger partial charge on any atom is -0.240 e. The molecule has 12 heavy (non-hydrogen) atoms. The molecule has 0 saturated carbocycles. The van der Waals surface area contributed by atoms with E-state index in [1.807, 2.05) is 17.8 Å². The quantitative estimate of drug-likeness (QED) is 0.730. The summed E-state index contributed by atoms with van der Waals surface area (Å²) in [6, 6.07) is 8.28. The zero-order valence-electron chi connectivity index (χ0n) is 6.78. The summed E-state index contributed by atoms with van der Waals surface area (Å²) < 4.78 is 1.29. The van der Waals surface area contributed by atoms with Gasteiger partial charge in [0.05, 0.1) is 10.2 Å². The van der Waals surface area contributed by atoms with Gasteiger partial charge in [0.1, 0.15) is 5.01 Å². The van der Waals surface area contributed by atoms with Crippen LogP contribution < -0.4 is 0 Å². The van der Waals surface area contributed by atoms with Crippen LogP contribution in [0.4, 0.5) is 0 Å². The van der Waals surface area contributed by atoms with Crippen LogP contribution in [-0.4, -0.2) is 11.2 Å². The lowest BCUT2D eigenvalue weighted by molar-refractivity contribution is 1.31. The van der Waals surface area contributed by atoms with E-state index < -0.39 is 0 Å². The van der Waals surface area contributed by atoms with Crippen LogP contribution in [0.3, 0.4) is 0 Å². The van der Waals surface area contributed by atoms with Gasteiger partial charge >= 0.3 is 0 Å². The van der Waals surface area contributed by atoms with Crippen LogP contribution in [0.25, 0.3) is 10.2 Å². The fraction of sp³-hybridized carbons (Fsp3) is 0.222. The number of fused-ring (bicyclic) bond motifs is 1. The van der Waals surface area contributed by atoms with Crippen molar-refractivity contribution in [1.29, 1.82) is 0 Å². The molecule has 2 aromatic rings. The van der Waals surface area contributed by atoms with E-state index in [4.69, 9.17) is 0 Å². The van der Waals surface area contributed by atoms with Crippen molar-refractivity contribution < 1.29 is 0 Å². The van der Waals surface area contributed by atoms with E-state index in [2.05, 4.69) is 29.4 Å². The lowest BCUT2D eigenvalue weighted by atomic mass is 10.3. The zero-order chi connectivity index (χ0) is 8.39. The molecule has 0 amide bonds. The Morgan fingerprint density at radius 2 is 2.25 bits per heavy atom. The minimum atomic E-state index is 1.03. The molecule has 1 nitrogen and oxygen atoms in total. The average molecular weight is 195 g/mol. The van der Waals surface area contributed by atoms with Gasteiger partial charge < -0.3 is 0 Å². The van der Waals surface area contributed by atoms with Gasteiger partial charge in [-0.3, -0.25) is 0 Å². The topological polar surface area (TPSA) is 12.9 Å². The standard InChI is InChI=1S/C9H9NS2/c1-11-6-9-10-7-4-2-3-5-8(7)12-9/h2-5H,6H2,1H3. The summed E-state index contributed by atoms with van der Waals surface area (Å²) in [5.41, 5.74) is 1.13. The second kappa shape index (κ2) is 3.46. The Hall–Kier alpha value is -0.540. The number of nitrogens with zero attached hydrogens (tertiary/aromatic N) is 1. The van der Waals surface area contributed by atoms with Crippen LogP contribution in [0.2, 0.25) is 0 Å². The van der Waals surface area contributed by atoms with Gasteiger partial charge in [0.25, 0.3) is 0 Å². The van der Waals surface area contributed by atoms with Crippen molar-refractivity contribution in [1.82, 2.24) is 4.98 Å². The predicted molar refractivity (Wildman–Crippen MR) is 56.8 cm³/mol. The maximum absolute atomic E-state index is 4.50. The van der Waals surface area contributed by atoms with Crippen molar-refractivity contribution in [2.24, 2.45) is 0 Å². The van der Waals surface area contributed by atoms with E-state index in [9.17, 15) is 0 Å². The average Bonchev–Trinajstić information content (AvgIpc) is 2.47. The van der Waals surface area contributed by atoms with E-state index in [0.717, 1.165) is 11.3 Å². The highest BCUT2D eigenvalue weighted by Crippen LogP contribution is 2.23. The van der Waals surface area contributed by atoms with E-state index in [1.54, 1.807) is 11.3 Å². The normalized spacial score (nSPS) is 10.8. The van der Waals surface area contributed by atoms with Crippen LogP contribution in [0, 0.1) is 0 Å². The van der Waals surface area contributed by atoms with Crippen molar-refractivity contribution in [3.05, 3.63) is 29.3 Å². The Morgan fingerprint density at radius 3 is 3.00 bits per heavy atom. The monoisotopic (exact) mass is 195 g/mol. The van der Waals surface area contributed by atoms with Crippen molar-refractivity contribution in [3.8, 4) is 0 Å². The molecule has 1 aromatic carbocycles. The summed E-state index contributed by atoms with van der Waals surface area (Å²) in [6.45, 7) is 0. The van der Waals surface area contributed by atoms with Gasteiger partial charge in [-0.2, -0.15) is 11.8 Å². The molecule has 3 heteroatoms. The third kappa shape index (κ3) is 1.47. The molecule has 0 bridgehead atoms. The second-order valence-electron chi connectivity index (χ2n) is 2.51. The Labute approximate surface area is 79.8 Å². The molecule has 0 unspecified atom stereocenters. The van der Waals surface area contributed by atoms with Crippen LogP contribution in [0.1, 0.15) is 5.01 Å². The van der Waals surface area contributed by atoms with Gasteiger partial charge in [0.15, 0.2) is 0 Å². The van der Waals surface area contributed by atoms with E-state index in [-0.39, 0.29) is 0 Å². The molecule has 2 rings (SSSR count). The first-order valence-corrected chi connectivity index (χ1v) is 5.94. The van der Waals surface area contributed by atoms with Crippen molar-refractivity contribution >= 4 is 33.3 Å².